The Bertz CT molecular complexity index is 386. The zero-order valence-corrected chi connectivity index (χ0v) is 11.5. The summed E-state index contributed by atoms with van der Waals surface area (Å²) in [7, 11) is 0. The number of hydrogen-bond donors (Lipinski definition) is 2. The smallest absolute Gasteiger partial charge is 0.146 e. The first-order valence-electron chi connectivity index (χ1n) is 5.73. The summed E-state index contributed by atoms with van der Waals surface area (Å²) in [4.78, 5) is 2.07. The number of aliphatic hydroxyl groups is 1. The van der Waals surface area contributed by atoms with E-state index in [-0.39, 0.29) is 30.1 Å². The average Bonchev–Trinajstić information content (AvgIpc) is 2.37. The van der Waals surface area contributed by atoms with Gasteiger partial charge in [0.15, 0.2) is 0 Å². The summed E-state index contributed by atoms with van der Waals surface area (Å²) in [6.07, 6.45) is 0. The van der Waals surface area contributed by atoms with Crippen LogP contribution in [0.15, 0.2) is 18.2 Å². The molecule has 3 nitrogen and oxygen atoms in total. The Balaban J connectivity index is 0.00000162. The first-order chi connectivity index (χ1) is 8.24. The van der Waals surface area contributed by atoms with Crippen molar-refractivity contribution in [3.05, 3.63) is 34.6 Å². The zero-order valence-electron chi connectivity index (χ0n) is 9.90. The molecule has 1 fully saturated rings. The van der Waals surface area contributed by atoms with E-state index in [4.69, 9.17) is 11.6 Å². The second kappa shape index (κ2) is 7.26. The largest absolute Gasteiger partial charge is 0.394 e. The number of halogens is 3. The Kier molecular flexibility index (Phi) is 6.32. The van der Waals surface area contributed by atoms with Crippen LogP contribution in [0, 0.1) is 5.82 Å². The van der Waals surface area contributed by atoms with Gasteiger partial charge in [0.1, 0.15) is 5.82 Å². The molecule has 0 saturated carbocycles. The molecule has 1 aliphatic heterocycles. The topological polar surface area (TPSA) is 35.5 Å². The molecule has 18 heavy (non-hydrogen) atoms. The molecule has 0 aliphatic carbocycles. The molecule has 1 aromatic rings. The van der Waals surface area contributed by atoms with Crippen LogP contribution in [0.1, 0.15) is 11.6 Å². The van der Waals surface area contributed by atoms with Crippen LogP contribution in [0.25, 0.3) is 0 Å². The van der Waals surface area contributed by atoms with Crippen molar-refractivity contribution in [1.82, 2.24) is 10.2 Å². The van der Waals surface area contributed by atoms with E-state index in [0.717, 1.165) is 26.2 Å². The summed E-state index contributed by atoms with van der Waals surface area (Å²) in [6, 6.07) is 4.61. The second-order valence-electron chi connectivity index (χ2n) is 4.13. The second-order valence-corrected chi connectivity index (χ2v) is 4.53. The lowest BCUT2D eigenvalue weighted by Gasteiger charge is -2.34. The molecule has 0 spiro atoms. The van der Waals surface area contributed by atoms with Crippen molar-refractivity contribution < 1.29 is 9.50 Å². The van der Waals surface area contributed by atoms with Gasteiger partial charge in [-0.25, -0.2) is 4.39 Å². The molecule has 1 aromatic carbocycles. The van der Waals surface area contributed by atoms with Gasteiger partial charge in [0, 0.05) is 31.7 Å². The maximum atomic E-state index is 13.9. The molecular formula is C12H17Cl2FN2O. The fraction of sp³-hybridized carbons (Fsp3) is 0.500. The Morgan fingerprint density at radius 3 is 2.67 bits per heavy atom. The number of rotatable bonds is 3. The molecule has 0 bridgehead atoms. The van der Waals surface area contributed by atoms with Gasteiger partial charge in [0.2, 0.25) is 0 Å². The molecule has 102 valence electrons. The molecule has 1 aliphatic rings. The quantitative estimate of drug-likeness (QED) is 0.893. The summed E-state index contributed by atoms with van der Waals surface area (Å²) < 4.78 is 13.9. The van der Waals surface area contributed by atoms with E-state index in [2.05, 4.69) is 10.2 Å². The maximum absolute atomic E-state index is 13.9. The normalized spacial score (nSPS) is 18.2. The summed E-state index contributed by atoms with van der Waals surface area (Å²) in [5, 5.41) is 12.8. The van der Waals surface area contributed by atoms with E-state index in [1.807, 2.05) is 0 Å². The van der Waals surface area contributed by atoms with Crippen molar-refractivity contribution in [2.75, 3.05) is 32.8 Å². The molecule has 1 heterocycles. The Hall–Kier alpha value is -0.390. The van der Waals surface area contributed by atoms with Crippen molar-refractivity contribution in [2.45, 2.75) is 6.04 Å². The van der Waals surface area contributed by atoms with E-state index in [0.29, 0.717) is 5.56 Å². The SMILES string of the molecule is Cl.OC[C@H](c1cccc(Cl)c1F)N1CCNCC1. The van der Waals surface area contributed by atoms with Crippen LogP contribution in [0.4, 0.5) is 4.39 Å². The van der Waals surface area contributed by atoms with Gasteiger partial charge in [0.25, 0.3) is 0 Å². The van der Waals surface area contributed by atoms with Gasteiger partial charge in [0.05, 0.1) is 17.7 Å². The molecule has 0 amide bonds. The summed E-state index contributed by atoms with van der Waals surface area (Å²) in [6.45, 7) is 3.23. The van der Waals surface area contributed by atoms with Crippen molar-refractivity contribution in [3.63, 3.8) is 0 Å². The molecule has 1 saturated heterocycles. The maximum Gasteiger partial charge on any atom is 0.146 e. The molecule has 6 heteroatoms. The van der Waals surface area contributed by atoms with Crippen LogP contribution in [0.3, 0.4) is 0 Å². The highest BCUT2D eigenvalue weighted by atomic mass is 35.5. The highest BCUT2D eigenvalue weighted by Gasteiger charge is 2.24. The summed E-state index contributed by atoms with van der Waals surface area (Å²) in [5.41, 5.74) is 0.474. The fourth-order valence-electron chi connectivity index (χ4n) is 2.18. The first-order valence-corrected chi connectivity index (χ1v) is 6.11. The number of nitrogens with zero attached hydrogens (tertiary/aromatic N) is 1. The van der Waals surface area contributed by atoms with Crippen LogP contribution in [-0.2, 0) is 0 Å². The van der Waals surface area contributed by atoms with Gasteiger partial charge in [-0.1, -0.05) is 23.7 Å². The minimum atomic E-state index is -0.424. The molecule has 2 rings (SSSR count). The van der Waals surface area contributed by atoms with E-state index in [9.17, 15) is 9.50 Å². The lowest BCUT2D eigenvalue weighted by molar-refractivity contribution is 0.108. The van der Waals surface area contributed by atoms with Crippen LogP contribution >= 0.6 is 24.0 Å². The van der Waals surface area contributed by atoms with Crippen molar-refractivity contribution in [3.8, 4) is 0 Å². The van der Waals surface area contributed by atoms with Crippen LogP contribution in [0.2, 0.25) is 5.02 Å². The Morgan fingerprint density at radius 2 is 2.06 bits per heavy atom. The highest BCUT2D eigenvalue weighted by molar-refractivity contribution is 6.30. The zero-order chi connectivity index (χ0) is 12.3. The van der Waals surface area contributed by atoms with Gasteiger partial charge >= 0.3 is 0 Å². The van der Waals surface area contributed by atoms with Gasteiger partial charge in [-0.2, -0.15) is 0 Å². The number of aliphatic hydroxyl groups excluding tert-OH is 1. The highest BCUT2D eigenvalue weighted by Crippen LogP contribution is 2.27. The predicted octanol–water partition coefficient (Wildman–Crippen LogP) is 1.84. The standard InChI is InChI=1S/C12H16ClFN2O.ClH/c13-10-3-1-2-9(12(10)14)11(8-17)16-6-4-15-5-7-16;/h1-3,11,15,17H,4-8H2;1H/t11-;/m1./s1. The van der Waals surface area contributed by atoms with Crippen LogP contribution in [0.5, 0.6) is 0 Å². The van der Waals surface area contributed by atoms with Crippen LogP contribution < -0.4 is 5.32 Å². The Morgan fingerprint density at radius 1 is 1.39 bits per heavy atom. The van der Waals surface area contributed by atoms with E-state index in [1.165, 1.54) is 6.07 Å². The van der Waals surface area contributed by atoms with Crippen molar-refractivity contribution in [1.29, 1.82) is 0 Å². The number of benzene rings is 1. The predicted molar refractivity (Wildman–Crippen MR) is 72.9 cm³/mol. The first kappa shape index (κ1) is 15.7. The van der Waals surface area contributed by atoms with E-state index in [1.54, 1.807) is 12.1 Å². The van der Waals surface area contributed by atoms with Crippen LogP contribution in [-0.4, -0.2) is 42.8 Å². The van der Waals surface area contributed by atoms with E-state index >= 15 is 0 Å². The third kappa shape index (κ3) is 3.33. The van der Waals surface area contributed by atoms with Crippen molar-refractivity contribution in [2.24, 2.45) is 0 Å². The molecule has 0 radical (unpaired) electrons. The number of hydrogen-bond acceptors (Lipinski definition) is 3. The molecule has 0 aromatic heterocycles. The number of piperazine rings is 1. The van der Waals surface area contributed by atoms with Gasteiger partial charge in [-0.05, 0) is 6.07 Å². The fourth-order valence-corrected chi connectivity index (χ4v) is 2.36. The minimum absolute atomic E-state index is 0. The lowest BCUT2D eigenvalue weighted by Crippen LogP contribution is -2.46. The summed E-state index contributed by atoms with van der Waals surface area (Å²) in [5.74, 6) is -0.424. The van der Waals surface area contributed by atoms with Gasteiger partial charge in [-0.15, -0.1) is 12.4 Å². The van der Waals surface area contributed by atoms with Crippen molar-refractivity contribution >= 4 is 24.0 Å². The molecular weight excluding hydrogens is 278 g/mol. The third-order valence-electron chi connectivity index (χ3n) is 3.11. The molecule has 2 N–H and O–H groups in total. The monoisotopic (exact) mass is 294 g/mol. The third-order valence-corrected chi connectivity index (χ3v) is 3.40. The van der Waals surface area contributed by atoms with Gasteiger partial charge < -0.3 is 10.4 Å². The molecule has 0 unspecified atom stereocenters. The minimum Gasteiger partial charge on any atom is -0.394 e. The average molecular weight is 295 g/mol. The lowest BCUT2D eigenvalue weighted by atomic mass is 10.0. The number of nitrogens with one attached hydrogen (secondary N) is 1. The van der Waals surface area contributed by atoms with E-state index < -0.39 is 5.82 Å². The summed E-state index contributed by atoms with van der Waals surface area (Å²) >= 11 is 5.77. The Labute approximate surface area is 117 Å². The molecule has 1 atom stereocenters. The van der Waals surface area contributed by atoms with Gasteiger partial charge in [-0.3, -0.25) is 4.90 Å².